The molecule has 0 aromatic heterocycles. The summed E-state index contributed by atoms with van der Waals surface area (Å²) in [5.41, 5.74) is 5.47. The van der Waals surface area contributed by atoms with E-state index in [0.717, 1.165) is 12.1 Å². The van der Waals surface area contributed by atoms with E-state index in [0.29, 0.717) is 6.42 Å². The number of sulfonamides is 1. The number of esters is 1. The average Bonchev–Trinajstić information content (AvgIpc) is 2.73. The Balaban J connectivity index is 2.31. The fraction of sp³-hybridized carbons (Fsp3) is 0.458. The molecule has 0 aliphatic heterocycles. The van der Waals surface area contributed by atoms with Gasteiger partial charge in [-0.2, -0.15) is 0 Å². The van der Waals surface area contributed by atoms with Gasteiger partial charge in [0.05, 0.1) is 22.8 Å². The molecule has 13 heteroatoms. The molecule has 3 N–H and O–H groups in total. The zero-order valence-corrected chi connectivity index (χ0v) is 23.7. The fourth-order valence-electron chi connectivity index (χ4n) is 3.34. The second-order valence-electron chi connectivity index (χ2n) is 9.42. The maximum atomic E-state index is 14.7. The number of nitrogens with one attached hydrogen (secondary N) is 1. The monoisotopic (exact) mass is 578 g/mol. The highest BCUT2D eigenvalue weighted by atomic mass is 35.5. The Bertz CT molecular complexity index is 1370. The molecule has 0 saturated carbocycles. The number of nitrogens with two attached hydrogens (primary N) is 1. The molecule has 2 rings (SSSR count). The Labute approximate surface area is 222 Å². The van der Waals surface area contributed by atoms with E-state index >= 15 is 0 Å². The second-order valence-corrected chi connectivity index (χ2v) is 13.9. The average molecular weight is 579 g/mol. The molecule has 0 bridgehead atoms. The summed E-state index contributed by atoms with van der Waals surface area (Å²) >= 11 is 6.29. The number of hydrogen-bond donors (Lipinski definition) is 2. The van der Waals surface area contributed by atoms with Gasteiger partial charge in [-0.05, 0) is 64.8 Å². The van der Waals surface area contributed by atoms with Crippen LogP contribution in [0.15, 0.2) is 24.3 Å². The predicted octanol–water partition coefficient (Wildman–Crippen LogP) is 5.07. The van der Waals surface area contributed by atoms with Crippen LogP contribution in [0.1, 0.15) is 56.5 Å². The van der Waals surface area contributed by atoms with Crippen molar-refractivity contribution in [2.24, 2.45) is 0 Å². The highest BCUT2D eigenvalue weighted by molar-refractivity contribution is 7.93. The number of halogens is 2. The van der Waals surface area contributed by atoms with Crippen molar-refractivity contribution in [3.05, 3.63) is 46.2 Å². The molecular weight excluding hydrogens is 547 g/mol. The largest absolute Gasteiger partial charge is 0.456 e. The smallest absolute Gasteiger partial charge is 0.341 e. The molecule has 206 valence electrons. The maximum Gasteiger partial charge on any atom is 0.341 e. The number of sulfone groups is 1. The predicted molar refractivity (Wildman–Crippen MR) is 143 cm³/mol. The number of hydrogen-bond acceptors (Lipinski definition) is 8. The van der Waals surface area contributed by atoms with Crippen molar-refractivity contribution in [1.82, 2.24) is 0 Å². The Hall–Kier alpha value is -2.57. The standard InChI is InChI=1S/C24H32ClFN2O7S2/c1-6-12-36(30,31)13-7-14-37(32,33)28-18-10-8-16(26)22(21(18)25)34-19-11-9-17(27)20(15(19)2)23(29)35-24(3,4)5/h8-11,28H,6-7,12-14,27H2,1-5H3. The van der Waals surface area contributed by atoms with E-state index in [1.165, 1.54) is 19.1 Å². The van der Waals surface area contributed by atoms with Gasteiger partial charge in [-0.15, -0.1) is 0 Å². The van der Waals surface area contributed by atoms with Crippen molar-refractivity contribution in [2.45, 2.75) is 53.1 Å². The minimum atomic E-state index is -4.00. The molecular formula is C24H32ClFN2O7S2. The van der Waals surface area contributed by atoms with Crippen LogP contribution in [0, 0.1) is 12.7 Å². The van der Waals surface area contributed by atoms with Gasteiger partial charge in [0.1, 0.15) is 26.2 Å². The van der Waals surface area contributed by atoms with E-state index in [1.54, 1.807) is 27.7 Å². The molecule has 2 aromatic rings. The van der Waals surface area contributed by atoms with Crippen LogP contribution in [0.2, 0.25) is 5.02 Å². The molecule has 37 heavy (non-hydrogen) atoms. The molecule has 0 spiro atoms. The van der Waals surface area contributed by atoms with E-state index in [2.05, 4.69) is 4.72 Å². The van der Waals surface area contributed by atoms with Crippen LogP contribution >= 0.6 is 11.6 Å². The number of ether oxygens (including phenoxy) is 2. The summed E-state index contributed by atoms with van der Waals surface area (Å²) in [6, 6.07) is 4.90. The lowest BCUT2D eigenvalue weighted by Crippen LogP contribution is -2.25. The van der Waals surface area contributed by atoms with Crippen molar-refractivity contribution >= 4 is 48.8 Å². The summed E-state index contributed by atoms with van der Waals surface area (Å²) in [7, 11) is -7.34. The molecule has 0 saturated heterocycles. The normalized spacial score (nSPS) is 12.3. The first kappa shape index (κ1) is 30.7. The third kappa shape index (κ3) is 8.75. The van der Waals surface area contributed by atoms with Crippen molar-refractivity contribution in [1.29, 1.82) is 0 Å². The van der Waals surface area contributed by atoms with Crippen molar-refractivity contribution in [3.8, 4) is 11.5 Å². The van der Waals surface area contributed by atoms with Crippen molar-refractivity contribution < 1.29 is 35.5 Å². The van der Waals surface area contributed by atoms with Crippen LogP contribution in [-0.4, -0.2) is 45.7 Å². The van der Waals surface area contributed by atoms with E-state index in [1.807, 2.05) is 0 Å². The molecule has 0 fully saturated rings. The molecule has 0 radical (unpaired) electrons. The van der Waals surface area contributed by atoms with Gasteiger partial charge in [0.25, 0.3) is 0 Å². The number of benzene rings is 2. The summed E-state index contributed by atoms with van der Waals surface area (Å²) in [4.78, 5) is 12.7. The minimum Gasteiger partial charge on any atom is -0.456 e. The van der Waals surface area contributed by atoms with Gasteiger partial charge in [-0.1, -0.05) is 18.5 Å². The number of carbonyl (C=O) groups is 1. The lowest BCUT2D eigenvalue weighted by atomic mass is 10.0. The van der Waals surface area contributed by atoms with Gasteiger partial charge in [-0.3, -0.25) is 4.72 Å². The van der Waals surface area contributed by atoms with Crippen LogP contribution in [0.5, 0.6) is 11.5 Å². The lowest BCUT2D eigenvalue weighted by molar-refractivity contribution is 0.00696. The molecule has 9 nitrogen and oxygen atoms in total. The minimum absolute atomic E-state index is 0.0227. The van der Waals surface area contributed by atoms with Gasteiger partial charge < -0.3 is 15.2 Å². The number of nitrogen functional groups attached to an aromatic ring is 1. The number of rotatable bonds is 11. The second kappa shape index (κ2) is 11.9. The van der Waals surface area contributed by atoms with E-state index in [4.69, 9.17) is 26.8 Å². The number of anilines is 2. The first-order valence-electron chi connectivity index (χ1n) is 11.5. The van der Waals surface area contributed by atoms with E-state index < -0.39 is 48.8 Å². The van der Waals surface area contributed by atoms with Crippen LogP contribution in [0.3, 0.4) is 0 Å². The van der Waals surface area contributed by atoms with Crippen molar-refractivity contribution in [3.63, 3.8) is 0 Å². The van der Waals surface area contributed by atoms with Crippen LogP contribution in [-0.2, 0) is 24.6 Å². The Morgan fingerprint density at radius 2 is 1.73 bits per heavy atom. The lowest BCUT2D eigenvalue weighted by Gasteiger charge is -2.22. The van der Waals surface area contributed by atoms with Gasteiger partial charge in [0.15, 0.2) is 11.6 Å². The highest BCUT2D eigenvalue weighted by Gasteiger charge is 2.25. The number of carbonyl (C=O) groups excluding carboxylic acids is 1. The molecule has 0 atom stereocenters. The molecule has 2 aromatic carbocycles. The maximum absolute atomic E-state index is 14.7. The summed E-state index contributed by atoms with van der Waals surface area (Å²) in [6.07, 6.45) is 0.325. The van der Waals surface area contributed by atoms with Gasteiger partial charge in [-0.25, -0.2) is 26.0 Å². The quantitative estimate of drug-likeness (QED) is 0.278. The Kier molecular flexibility index (Phi) is 9.83. The van der Waals surface area contributed by atoms with Gasteiger partial charge >= 0.3 is 5.97 Å². The molecule has 0 aliphatic rings. The van der Waals surface area contributed by atoms with Gasteiger partial charge in [0.2, 0.25) is 10.0 Å². The summed E-state index contributed by atoms with van der Waals surface area (Å²) in [5, 5.41) is -0.364. The van der Waals surface area contributed by atoms with E-state index in [9.17, 15) is 26.0 Å². The summed E-state index contributed by atoms with van der Waals surface area (Å²) in [5.74, 6) is -2.77. The van der Waals surface area contributed by atoms with Crippen LogP contribution < -0.4 is 15.2 Å². The highest BCUT2D eigenvalue weighted by Crippen LogP contribution is 2.40. The first-order chi connectivity index (χ1) is 17.0. The van der Waals surface area contributed by atoms with Gasteiger partial charge in [0, 0.05) is 17.0 Å². The zero-order chi connectivity index (χ0) is 28.2. The van der Waals surface area contributed by atoms with Crippen LogP contribution in [0.4, 0.5) is 15.8 Å². The fourth-order valence-corrected chi connectivity index (χ4v) is 6.36. The van der Waals surface area contributed by atoms with E-state index in [-0.39, 0.29) is 51.2 Å². The molecule has 0 aliphatic carbocycles. The Morgan fingerprint density at radius 1 is 1.08 bits per heavy atom. The third-order valence-electron chi connectivity index (χ3n) is 4.96. The third-order valence-corrected chi connectivity index (χ3v) is 8.63. The Morgan fingerprint density at radius 3 is 2.32 bits per heavy atom. The first-order valence-corrected chi connectivity index (χ1v) is 15.3. The van der Waals surface area contributed by atoms with Crippen molar-refractivity contribution in [2.75, 3.05) is 27.7 Å². The van der Waals surface area contributed by atoms with Crippen LogP contribution in [0.25, 0.3) is 0 Å². The summed E-state index contributed by atoms with van der Waals surface area (Å²) < 4.78 is 76.7. The molecule has 0 heterocycles. The zero-order valence-electron chi connectivity index (χ0n) is 21.4. The topological polar surface area (TPSA) is 142 Å². The SMILES string of the molecule is CCCS(=O)(=O)CCCS(=O)(=O)Nc1ccc(F)c(Oc2ccc(N)c(C(=O)OC(C)(C)C)c2C)c1Cl. The summed E-state index contributed by atoms with van der Waals surface area (Å²) in [6.45, 7) is 8.35. The molecule has 0 amide bonds. The molecule has 0 unspecified atom stereocenters.